The van der Waals surface area contributed by atoms with Gasteiger partial charge in [0.25, 0.3) is 0 Å². The third-order valence-corrected chi connectivity index (χ3v) is 5.85. The van der Waals surface area contributed by atoms with Gasteiger partial charge in [-0.05, 0) is 56.1 Å². The number of hydrogen-bond donors (Lipinski definition) is 3. The number of ether oxygens (including phenoxy) is 1. The van der Waals surface area contributed by atoms with Gasteiger partial charge in [0.1, 0.15) is 12.4 Å². The number of carbonyl (C=O) groups is 1. The van der Waals surface area contributed by atoms with E-state index in [4.69, 9.17) is 9.84 Å². The molecule has 5 atom stereocenters. The summed E-state index contributed by atoms with van der Waals surface area (Å²) in [6, 6.07) is 8.89. The maximum Gasteiger partial charge on any atom is 0.303 e. The number of nitrogens with zero attached hydrogens (tertiary/aromatic N) is 1. The zero-order valence-corrected chi connectivity index (χ0v) is 16.9. The first-order valence-electron chi connectivity index (χ1n) is 10.6. The van der Waals surface area contributed by atoms with Crippen LogP contribution in [-0.2, 0) is 4.79 Å². The van der Waals surface area contributed by atoms with Crippen molar-refractivity contribution in [2.45, 2.75) is 76.0 Å². The van der Waals surface area contributed by atoms with Crippen LogP contribution in [0.5, 0.6) is 5.75 Å². The van der Waals surface area contributed by atoms with Crippen molar-refractivity contribution >= 4 is 5.97 Å². The molecule has 29 heavy (non-hydrogen) atoms. The van der Waals surface area contributed by atoms with E-state index in [2.05, 4.69) is 5.18 Å². The summed E-state index contributed by atoms with van der Waals surface area (Å²) < 4.78 is 5.58. The van der Waals surface area contributed by atoms with Gasteiger partial charge in [-0.2, -0.15) is 4.91 Å². The summed E-state index contributed by atoms with van der Waals surface area (Å²) in [5, 5.41) is 32.5. The molecule has 1 unspecified atom stereocenters. The van der Waals surface area contributed by atoms with E-state index in [0.29, 0.717) is 31.4 Å². The van der Waals surface area contributed by atoms with Crippen LogP contribution in [0.3, 0.4) is 0 Å². The zero-order chi connectivity index (χ0) is 21.1. The highest BCUT2D eigenvalue weighted by atomic mass is 16.5. The predicted octanol–water partition coefficient (Wildman–Crippen LogP) is 3.76. The Hall–Kier alpha value is -1.99. The average molecular weight is 408 g/mol. The molecule has 1 aromatic rings. The summed E-state index contributed by atoms with van der Waals surface area (Å²) >= 11 is 0. The van der Waals surface area contributed by atoms with E-state index in [0.717, 1.165) is 25.7 Å². The van der Waals surface area contributed by atoms with Crippen molar-refractivity contribution in [1.29, 1.82) is 0 Å². The van der Waals surface area contributed by atoms with Crippen LogP contribution in [0, 0.1) is 16.7 Å². The second kappa shape index (κ2) is 12.5. The Balaban J connectivity index is 1.75. The highest BCUT2D eigenvalue weighted by Gasteiger charge is 2.42. The number of hydrogen-bond acceptors (Lipinski definition) is 6. The van der Waals surface area contributed by atoms with E-state index < -0.39 is 24.2 Å². The van der Waals surface area contributed by atoms with Gasteiger partial charge in [0.2, 0.25) is 0 Å². The van der Waals surface area contributed by atoms with Crippen molar-refractivity contribution in [3.05, 3.63) is 35.2 Å². The number of aliphatic hydroxyl groups is 2. The van der Waals surface area contributed by atoms with Crippen LogP contribution in [0.1, 0.15) is 57.8 Å². The molecule has 3 N–H and O–H groups in total. The zero-order valence-electron chi connectivity index (χ0n) is 16.9. The lowest BCUT2D eigenvalue weighted by atomic mass is 9.84. The number of carboxylic acid groups (broad SMARTS) is 1. The standard InChI is InChI=1S/C22H33NO6/c24-16(15-29-17-8-4-3-5-9-17)12-13-18-19(21(25)14-20(18)23-28)10-6-1-2-7-11-22(26)27/h3-5,8-9,16,18-21,24-25H,1-2,6-7,10-15H2,(H,26,27)/t16-,18-,19-,20?,21+/m1/s1. The SMILES string of the molecule is O=NC1C[C@H](O)[C@H](CCCCCCC(=O)O)[C@H]1CC[C@@H](O)COc1ccccc1. The summed E-state index contributed by atoms with van der Waals surface area (Å²) in [4.78, 5) is 21.8. The van der Waals surface area contributed by atoms with Crippen LogP contribution < -0.4 is 4.74 Å². The van der Waals surface area contributed by atoms with Crippen molar-refractivity contribution < 1.29 is 24.9 Å². The molecule has 1 saturated carbocycles. The van der Waals surface area contributed by atoms with Gasteiger partial charge in [0.05, 0.1) is 18.2 Å². The van der Waals surface area contributed by atoms with Crippen LogP contribution in [0.2, 0.25) is 0 Å². The minimum Gasteiger partial charge on any atom is -0.491 e. The van der Waals surface area contributed by atoms with Gasteiger partial charge < -0.3 is 20.1 Å². The first-order valence-corrected chi connectivity index (χ1v) is 10.6. The fourth-order valence-electron chi connectivity index (χ4n) is 4.29. The largest absolute Gasteiger partial charge is 0.491 e. The van der Waals surface area contributed by atoms with Gasteiger partial charge in [-0.25, -0.2) is 0 Å². The number of para-hydroxylation sites is 1. The molecule has 0 heterocycles. The Morgan fingerprint density at radius 2 is 1.83 bits per heavy atom. The molecular weight excluding hydrogens is 374 g/mol. The molecule has 0 saturated heterocycles. The molecular formula is C22H33NO6. The third kappa shape index (κ3) is 8.11. The average Bonchev–Trinajstić information content (AvgIpc) is 3.02. The number of benzene rings is 1. The number of carboxylic acids is 1. The molecule has 1 fully saturated rings. The van der Waals surface area contributed by atoms with Crippen LogP contribution >= 0.6 is 0 Å². The Labute approximate surface area is 172 Å². The number of rotatable bonds is 14. The van der Waals surface area contributed by atoms with Gasteiger partial charge in [-0.3, -0.25) is 4.79 Å². The highest BCUT2D eigenvalue weighted by Crippen LogP contribution is 2.40. The van der Waals surface area contributed by atoms with Crippen molar-refractivity contribution in [2.75, 3.05) is 6.61 Å². The fourth-order valence-corrected chi connectivity index (χ4v) is 4.29. The Morgan fingerprint density at radius 1 is 1.10 bits per heavy atom. The number of nitroso groups, excluding NO2 is 1. The molecule has 162 valence electrons. The molecule has 7 heteroatoms. The summed E-state index contributed by atoms with van der Waals surface area (Å²) in [5.74, 6) is -0.102. The molecule has 0 bridgehead atoms. The van der Waals surface area contributed by atoms with Crippen LogP contribution in [0.25, 0.3) is 0 Å². The van der Waals surface area contributed by atoms with Crippen molar-refractivity contribution in [1.82, 2.24) is 0 Å². The quantitative estimate of drug-likeness (QED) is 0.319. The first-order chi connectivity index (χ1) is 14.0. The van der Waals surface area contributed by atoms with Crippen LogP contribution in [-0.4, -0.2) is 46.1 Å². The Morgan fingerprint density at radius 3 is 2.52 bits per heavy atom. The van der Waals surface area contributed by atoms with E-state index in [1.54, 1.807) is 0 Å². The molecule has 1 aliphatic rings. The Bertz CT molecular complexity index is 611. The molecule has 0 spiro atoms. The molecule has 1 aromatic carbocycles. The summed E-state index contributed by atoms with van der Waals surface area (Å²) in [6.45, 7) is 0.187. The third-order valence-electron chi connectivity index (χ3n) is 5.85. The van der Waals surface area contributed by atoms with Crippen molar-refractivity contribution in [2.24, 2.45) is 17.0 Å². The van der Waals surface area contributed by atoms with Crippen molar-refractivity contribution in [3.63, 3.8) is 0 Å². The lowest BCUT2D eigenvalue weighted by molar-refractivity contribution is -0.137. The van der Waals surface area contributed by atoms with E-state index in [-0.39, 0.29) is 24.9 Å². The molecule has 0 aromatic heterocycles. The number of aliphatic carboxylic acids is 1. The normalized spacial score (nSPS) is 24.9. The fraction of sp³-hybridized carbons (Fsp3) is 0.682. The van der Waals surface area contributed by atoms with E-state index in [1.807, 2.05) is 30.3 Å². The highest BCUT2D eigenvalue weighted by molar-refractivity contribution is 5.66. The van der Waals surface area contributed by atoms with Crippen molar-refractivity contribution in [3.8, 4) is 5.75 Å². The maximum absolute atomic E-state index is 11.2. The minimum absolute atomic E-state index is 0.000541. The monoisotopic (exact) mass is 407 g/mol. The topological polar surface area (TPSA) is 116 Å². The van der Waals surface area contributed by atoms with Crippen LogP contribution in [0.4, 0.5) is 0 Å². The molecule has 0 radical (unpaired) electrons. The van der Waals surface area contributed by atoms with Gasteiger partial charge in [0, 0.05) is 6.42 Å². The second-order valence-electron chi connectivity index (χ2n) is 8.01. The van der Waals surface area contributed by atoms with Crippen LogP contribution in [0.15, 0.2) is 35.5 Å². The minimum atomic E-state index is -0.772. The first kappa shape index (κ1) is 23.3. The maximum atomic E-state index is 11.2. The molecule has 1 aliphatic carbocycles. The number of unbranched alkanes of at least 4 members (excludes halogenated alkanes) is 3. The molecule has 0 aliphatic heterocycles. The van der Waals surface area contributed by atoms with Gasteiger partial charge in [0.15, 0.2) is 0 Å². The molecule has 2 rings (SSSR count). The van der Waals surface area contributed by atoms with E-state index in [1.165, 1.54) is 0 Å². The lowest BCUT2D eigenvalue weighted by Gasteiger charge is -2.24. The smallest absolute Gasteiger partial charge is 0.303 e. The van der Waals surface area contributed by atoms with Gasteiger partial charge in [-0.1, -0.05) is 42.6 Å². The van der Waals surface area contributed by atoms with Gasteiger partial charge in [-0.15, -0.1) is 0 Å². The number of aliphatic hydroxyl groups excluding tert-OH is 2. The summed E-state index contributed by atoms with van der Waals surface area (Å²) in [6.07, 6.45) is 4.62. The lowest BCUT2D eigenvalue weighted by Crippen LogP contribution is -2.25. The summed E-state index contributed by atoms with van der Waals surface area (Å²) in [7, 11) is 0. The van der Waals surface area contributed by atoms with Gasteiger partial charge >= 0.3 is 5.97 Å². The predicted molar refractivity (Wildman–Crippen MR) is 110 cm³/mol. The van der Waals surface area contributed by atoms with E-state index in [9.17, 15) is 19.9 Å². The Kier molecular flexibility index (Phi) is 10.1. The summed E-state index contributed by atoms with van der Waals surface area (Å²) in [5.41, 5.74) is 0. The second-order valence-corrected chi connectivity index (χ2v) is 8.01. The molecule has 7 nitrogen and oxygen atoms in total. The van der Waals surface area contributed by atoms with E-state index >= 15 is 0 Å². The molecule has 0 amide bonds.